The summed E-state index contributed by atoms with van der Waals surface area (Å²) in [6.07, 6.45) is 3.68. The van der Waals surface area contributed by atoms with E-state index in [0.29, 0.717) is 23.4 Å². The number of hydrogen-bond acceptors (Lipinski definition) is 4. The molecule has 4 rings (SSSR count). The lowest BCUT2D eigenvalue weighted by atomic mass is 10.0. The predicted molar refractivity (Wildman–Crippen MR) is 105 cm³/mol. The maximum atomic E-state index is 12.9. The topological polar surface area (TPSA) is 68.0 Å². The Kier molecular flexibility index (Phi) is 4.35. The highest BCUT2D eigenvalue weighted by Crippen LogP contribution is 2.39. The van der Waals surface area contributed by atoms with E-state index in [1.165, 1.54) is 6.07 Å². The third-order valence-electron chi connectivity index (χ3n) is 4.94. The predicted octanol–water partition coefficient (Wildman–Crippen LogP) is 1.52. The van der Waals surface area contributed by atoms with Crippen molar-refractivity contribution < 1.29 is 24.3 Å². The van der Waals surface area contributed by atoms with E-state index in [-0.39, 0.29) is 17.3 Å². The lowest BCUT2D eigenvalue weighted by Gasteiger charge is -2.17. The van der Waals surface area contributed by atoms with E-state index in [0.717, 1.165) is 27.1 Å². The maximum absolute atomic E-state index is 12.9. The van der Waals surface area contributed by atoms with Gasteiger partial charge in [-0.25, -0.2) is 0 Å². The van der Waals surface area contributed by atoms with E-state index >= 15 is 0 Å². The Balaban J connectivity index is 1.80. The highest BCUT2D eigenvalue weighted by atomic mass is 16.5. The molecule has 0 amide bonds. The van der Waals surface area contributed by atoms with Crippen LogP contribution < -0.4 is 19.5 Å². The molecule has 1 N–H and O–H groups in total. The van der Waals surface area contributed by atoms with Crippen molar-refractivity contribution >= 4 is 22.8 Å². The second kappa shape index (κ2) is 6.73. The molecule has 1 aromatic heterocycles. The third kappa shape index (κ3) is 2.92. The van der Waals surface area contributed by atoms with Gasteiger partial charge in [0.05, 0.1) is 26.8 Å². The Morgan fingerprint density at radius 1 is 1.25 bits per heavy atom. The zero-order valence-electron chi connectivity index (χ0n) is 16.3. The van der Waals surface area contributed by atoms with Crippen LogP contribution in [0.2, 0.25) is 0 Å². The van der Waals surface area contributed by atoms with Crippen LogP contribution in [0, 0.1) is 0 Å². The number of nitrogens with zero attached hydrogens (tertiary/aromatic N) is 1. The summed E-state index contributed by atoms with van der Waals surface area (Å²) in [5, 5.41) is 13.3. The fourth-order valence-electron chi connectivity index (χ4n) is 3.60. The minimum absolute atomic E-state index is 0.108. The van der Waals surface area contributed by atoms with Gasteiger partial charge in [-0.3, -0.25) is 4.79 Å². The van der Waals surface area contributed by atoms with Gasteiger partial charge in [-0.15, -0.1) is 0 Å². The fraction of sp³-hybridized carbons (Fsp3) is 0.227. The fourth-order valence-corrected chi connectivity index (χ4v) is 3.60. The standard InChI is InChI=1S/C22H22N2O4/c1-23(2)12-17-19(25)8-6-15-21(26)20(28-22(15)17)9-13-11-24(3)18-7-5-14(27-4)10-16(13)18/h5-11,25H,12H2,1-4H3. The molecule has 3 aromatic rings. The number of methoxy groups -OCH3 is 1. The molecule has 2 heterocycles. The van der Waals surface area contributed by atoms with E-state index in [9.17, 15) is 9.90 Å². The van der Waals surface area contributed by atoms with Crippen LogP contribution in [0.15, 0.2) is 42.3 Å². The monoisotopic (exact) mass is 378 g/mol. The molecule has 1 aliphatic rings. The van der Waals surface area contributed by atoms with Gasteiger partial charge in [0.2, 0.25) is 5.78 Å². The molecule has 1 aliphatic heterocycles. The molecule has 0 saturated carbocycles. The largest absolute Gasteiger partial charge is 0.872 e. The van der Waals surface area contributed by atoms with E-state index in [4.69, 9.17) is 9.47 Å². The molecule has 2 aromatic carbocycles. The van der Waals surface area contributed by atoms with Crippen molar-refractivity contribution in [1.82, 2.24) is 4.57 Å². The van der Waals surface area contributed by atoms with Gasteiger partial charge in [-0.05, 0) is 30.3 Å². The molecule has 0 atom stereocenters. The number of aryl methyl sites for hydroxylation is 1. The summed E-state index contributed by atoms with van der Waals surface area (Å²) in [4.78, 5) is 14.0. The summed E-state index contributed by atoms with van der Waals surface area (Å²) in [5.41, 5.74) is 2.86. The highest BCUT2D eigenvalue weighted by Gasteiger charge is 2.30. The van der Waals surface area contributed by atoms with Crippen molar-refractivity contribution in [2.24, 2.45) is 7.05 Å². The Labute approximate surface area is 163 Å². The van der Waals surface area contributed by atoms with Crippen LogP contribution in [0.25, 0.3) is 17.0 Å². The van der Waals surface area contributed by atoms with Crippen molar-refractivity contribution in [2.45, 2.75) is 6.54 Å². The first-order valence-corrected chi connectivity index (χ1v) is 9.08. The number of quaternary nitrogens is 1. The zero-order valence-corrected chi connectivity index (χ0v) is 16.3. The number of ether oxygens (including phenoxy) is 2. The molecule has 0 aliphatic carbocycles. The number of allylic oxidation sites excluding steroid dienone is 1. The lowest BCUT2D eigenvalue weighted by Crippen LogP contribution is -3.04. The molecular formula is C22H22N2O4. The van der Waals surface area contributed by atoms with Crippen LogP contribution >= 0.6 is 0 Å². The van der Waals surface area contributed by atoms with Crippen molar-refractivity contribution in [3.63, 3.8) is 0 Å². The molecule has 0 fully saturated rings. The van der Waals surface area contributed by atoms with E-state index in [1.807, 2.05) is 50.1 Å². The van der Waals surface area contributed by atoms with Crippen molar-refractivity contribution in [3.05, 3.63) is 59.0 Å². The number of benzene rings is 2. The van der Waals surface area contributed by atoms with Gasteiger partial charge in [-0.2, -0.15) is 0 Å². The first-order chi connectivity index (χ1) is 13.4. The molecule has 0 unspecified atom stereocenters. The van der Waals surface area contributed by atoms with Crippen LogP contribution in [0.5, 0.6) is 17.2 Å². The van der Waals surface area contributed by atoms with Gasteiger partial charge in [0.25, 0.3) is 0 Å². The van der Waals surface area contributed by atoms with E-state index in [2.05, 4.69) is 0 Å². The third-order valence-corrected chi connectivity index (χ3v) is 4.94. The van der Waals surface area contributed by atoms with Crippen molar-refractivity contribution in [1.29, 1.82) is 0 Å². The number of Topliss-reactive ketones (excluding diaryl/α,β-unsaturated/α-hetero) is 1. The normalized spacial score (nSPS) is 14.8. The van der Waals surface area contributed by atoms with Gasteiger partial charge >= 0.3 is 0 Å². The minimum Gasteiger partial charge on any atom is -0.872 e. The van der Waals surface area contributed by atoms with Gasteiger partial charge < -0.3 is 24.0 Å². The van der Waals surface area contributed by atoms with Crippen LogP contribution in [0.1, 0.15) is 21.5 Å². The molecule has 0 radical (unpaired) electrons. The number of carbonyl (C=O) groups excluding carboxylic acids is 1. The van der Waals surface area contributed by atoms with Gasteiger partial charge in [-0.1, -0.05) is 11.8 Å². The Morgan fingerprint density at radius 2 is 2.04 bits per heavy atom. The highest BCUT2D eigenvalue weighted by molar-refractivity contribution is 6.15. The second-order valence-corrected chi connectivity index (χ2v) is 7.32. The molecular weight excluding hydrogens is 356 g/mol. The van der Waals surface area contributed by atoms with Crippen LogP contribution in [0.3, 0.4) is 0 Å². The van der Waals surface area contributed by atoms with Crippen LogP contribution in [-0.4, -0.2) is 31.6 Å². The summed E-state index contributed by atoms with van der Waals surface area (Å²) >= 11 is 0. The second-order valence-electron chi connectivity index (χ2n) is 7.32. The SMILES string of the molecule is COc1ccc2c(c1)c(C=C1Oc3c(ccc([O-])c3C[NH+](C)C)C1=O)cn2C. The summed E-state index contributed by atoms with van der Waals surface area (Å²) in [5.74, 6) is 1.05. The van der Waals surface area contributed by atoms with Crippen LogP contribution in [-0.2, 0) is 13.6 Å². The van der Waals surface area contributed by atoms with E-state index in [1.54, 1.807) is 19.3 Å². The smallest absolute Gasteiger partial charge is 0.231 e. The number of rotatable bonds is 4. The number of fused-ring (bicyclic) bond motifs is 2. The molecule has 0 saturated heterocycles. The minimum atomic E-state index is -0.204. The quantitative estimate of drug-likeness (QED) is 0.699. The van der Waals surface area contributed by atoms with Crippen molar-refractivity contribution in [3.8, 4) is 17.2 Å². The number of ketones is 1. The summed E-state index contributed by atoms with van der Waals surface area (Å²) in [6, 6.07) is 8.82. The van der Waals surface area contributed by atoms with Crippen molar-refractivity contribution in [2.75, 3.05) is 21.2 Å². The average molecular weight is 378 g/mol. The van der Waals surface area contributed by atoms with E-state index < -0.39 is 0 Å². The number of hydrogen-bond donors (Lipinski definition) is 1. The van der Waals surface area contributed by atoms with Crippen LogP contribution in [0.4, 0.5) is 0 Å². The molecule has 6 nitrogen and oxygen atoms in total. The molecule has 144 valence electrons. The first-order valence-electron chi connectivity index (χ1n) is 9.08. The number of carbonyl (C=O) groups is 1. The lowest BCUT2D eigenvalue weighted by molar-refractivity contribution is -0.872. The molecule has 28 heavy (non-hydrogen) atoms. The summed E-state index contributed by atoms with van der Waals surface area (Å²) in [7, 11) is 7.48. The molecule has 0 spiro atoms. The van der Waals surface area contributed by atoms with Gasteiger partial charge in [0.15, 0.2) is 5.76 Å². The number of aromatic nitrogens is 1. The first kappa shape index (κ1) is 18.1. The maximum Gasteiger partial charge on any atom is 0.231 e. The zero-order chi connectivity index (χ0) is 20.0. The average Bonchev–Trinajstić information content (AvgIpc) is 3.15. The molecule has 6 heteroatoms. The van der Waals surface area contributed by atoms with Gasteiger partial charge in [0, 0.05) is 35.3 Å². The summed E-state index contributed by atoms with van der Waals surface area (Å²) < 4.78 is 13.2. The Bertz CT molecular complexity index is 1130. The summed E-state index contributed by atoms with van der Waals surface area (Å²) in [6.45, 7) is 0.494. The number of nitrogens with one attached hydrogen (secondary N) is 1. The Morgan fingerprint density at radius 3 is 2.75 bits per heavy atom. The Hall–Kier alpha value is -3.25. The molecule has 0 bridgehead atoms. The van der Waals surface area contributed by atoms with Gasteiger partial charge in [0.1, 0.15) is 18.0 Å².